The summed E-state index contributed by atoms with van der Waals surface area (Å²) >= 11 is 0. The maximum atomic E-state index is 12.9. The number of benzene rings is 2. The Morgan fingerprint density at radius 2 is 1.39 bits per heavy atom. The minimum absolute atomic E-state index is 0.0373. The highest BCUT2D eigenvalue weighted by Crippen LogP contribution is 2.24. The highest BCUT2D eigenvalue weighted by atomic mass is 16.2. The first-order valence-corrected chi connectivity index (χ1v) is 10.2. The Labute approximate surface area is 166 Å². The molecule has 4 rings (SSSR count). The average molecular weight is 377 g/mol. The molecule has 0 aliphatic carbocycles. The van der Waals surface area contributed by atoms with Crippen LogP contribution in [0.15, 0.2) is 60.7 Å². The summed E-state index contributed by atoms with van der Waals surface area (Å²) in [4.78, 5) is 29.4. The van der Waals surface area contributed by atoms with E-state index in [-0.39, 0.29) is 17.7 Å². The summed E-state index contributed by atoms with van der Waals surface area (Å²) < 4.78 is 0. The monoisotopic (exact) mass is 377 g/mol. The predicted octanol–water partition coefficient (Wildman–Crippen LogP) is 3.25. The van der Waals surface area contributed by atoms with Gasteiger partial charge in [0.2, 0.25) is 5.91 Å². The SMILES string of the molecule is O=C(c1ccccc1)N1CCC(C(=O)N2CCC(Nc3ccccc3)C2)CC1. The number of rotatable bonds is 4. The zero-order valence-corrected chi connectivity index (χ0v) is 16.1. The van der Waals surface area contributed by atoms with Crippen LogP contribution >= 0.6 is 0 Å². The molecular weight excluding hydrogens is 350 g/mol. The standard InChI is InChI=1S/C23H27N3O2/c27-22(18-7-3-1-4-8-18)25-14-11-19(12-15-25)23(28)26-16-13-21(17-26)24-20-9-5-2-6-10-20/h1-10,19,21,24H,11-17H2. The number of para-hydroxylation sites is 1. The van der Waals surface area contributed by atoms with Crippen molar-refractivity contribution in [3.8, 4) is 0 Å². The number of nitrogens with one attached hydrogen (secondary N) is 1. The summed E-state index contributed by atoms with van der Waals surface area (Å²) in [5.74, 6) is 0.360. The number of likely N-dealkylation sites (tertiary alicyclic amines) is 2. The molecule has 0 bridgehead atoms. The van der Waals surface area contributed by atoms with Crippen molar-refractivity contribution >= 4 is 17.5 Å². The zero-order valence-electron chi connectivity index (χ0n) is 16.1. The number of hydrogen-bond acceptors (Lipinski definition) is 3. The third kappa shape index (κ3) is 4.19. The summed E-state index contributed by atoms with van der Waals surface area (Å²) in [5.41, 5.74) is 1.83. The fourth-order valence-corrected chi connectivity index (χ4v) is 4.20. The number of hydrogen-bond donors (Lipinski definition) is 1. The van der Waals surface area contributed by atoms with Crippen LogP contribution in [0.2, 0.25) is 0 Å². The van der Waals surface area contributed by atoms with Crippen molar-refractivity contribution in [1.29, 1.82) is 0 Å². The van der Waals surface area contributed by atoms with Crippen molar-refractivity contribution in [2.75, 3.05) is 31.5 Å². The topological polar surface area (TPSA) is 52.7 Å². The van der Waals surface area contributed by atoms with Crippen LogP contribution in [-0.2, 0) is 4.79 Å². The van der Waals surface area contributed by atoms with Gasteiger partial charge in [0.1, 0.15) is 0 Å². The maximum Gasteiger partial charge on any atom is 0.253 e. The van der Waals surface area contributed by atoms with Gasteiger partial charge >= 0.3 is 0 Å². The molecule has 1 N–H and O–H groups in total. The Morgan fingerprint density at radius 3 is 2.07 bits per heavy atom. The van der Waals surface area contributed by atoms with Crippen molar-refractivity contribution in [1.82, 2.24) is 9.80 Å². The molecule has 5 nitrogen and oxygen atoms in total. The van der Waals surface area contributed by atoms with Gasteiger partial charge < -0.3 is 15.1 Å². The molecule has 5 heteroatoms. The van der Waals surface area contributed by atoms with Gasteiger partial charge in [0.15, 0.2) is 0 Å². The number of carbonyl (C=O) groups excluding carboxylic acids is 2. The van der Waals surface area contributed by atoms with E-state index < -0.39 is 0 Å². The molecule has 2 aliphatic heterocycles. The summed E-state index contributed by atoms with van der Waals surface area (Å²) in [6, 6.07) is 19.9. The fourth-order valence-electron chi connectivity index (χ4n) is 4.20. The van der Waals surface area contributed by atoms with Crippen LogP contribution in [-0.4, -0.2) is 53.8 Å². The highest BCUT2D eigenvalue weighted by Gasteiger charge is 2.33. The minimum Gasteiger partial charge on any atom is -0.380 e. The Kier molecular flexibility index (Phi) is 5.60. The van der Waals surface area contributed by atoms with E-state index in [2.05, 4.69) is 17.4 Å². The first-order chi connectivity index (χ1) is 13.7. The lowest BCUT2D eigenvalue weighted by molar-refractivity contribution is -0.135. The molecular formula is C23H27N3O2. The second-order valence-corrected chi connectivity index (χ2v) is 7.71. The molecule has 0 saturated carbocycles. The highest BCUT2D eigenvalue weighted by molar-refractivity contribution is 5.94. The summed E-state index contributed by atoms with van der Waals surface area (Å²) in [7, 11) is 0. The molecule has 2 aromatic carbocycles. The molecule has 2 aliphatic rings. The molecule has 0 radical (unpaired) electrons. The van der Waals surface area contributed by atoms with Crippen LogP contribution in [0.25, 0.3) is 0 Å². The number of amides is 2. The molecule has 2 saturated heterocycles. The quantitative estimate of drug-likeness (QED) is 0.890. The van der Waals surface area contributed by atoms with Crippen LogP contribution in [0.5, 0.6) is 0 Å². The minimum atomic E-state index is 0.0373. The van der Waals surface area contributed by atoms with Gasteiger partial charge in [0.25, 0.3) is 5.91 Å². The van der Waals surface area contributed by atoms with E-state index in [1.54, 1.807) is 0 Å². The first kappa shape index (κ1) is 18.5. The van der Waals surface area contributed by atoms with Crippen molar-refractivity contribution < 1.29 is 9.59 Å². The third-order valence-electron chi connectivity index (χ3n) is 5.80. The molecule has 2 fully saturated rings. The van der Waals surface area contributed by atoms with Crippen LogP contribution < -0.4 is 5.32 Å². The Balaban J connectivity index is 1.27. The zero-order chi connectivity index (χ0) is 19.3. The Morgan fingerprint density at radius 1 is 0.786 bits per heavy atom. The van der Waals surface area contributed by atoms with E-state index in [9.17, 15) is 9.59 Å². The molecule has 146 valence electrons. The van der Waals surface area contributed by atoms with Crippen LogP contribution in [0.3, 0.4) is 0 Å². The lowest BCUT2D eigenvalue weighted by Gasteiger charge is -2.33. The number of anilines is 1. The molecule has 2 heterocycles. The third-order valence-corrected chi connectivity index (χ3v) is 5.80. The molecule has 28 heavy (non-hydrogen) atoms. The van der Waals surface area contributed by atoms with Crippen LogP contribution in [0, 0.1) is 5.92 Å². The number of carbonyl (C=O) groups is 2. The van der Waals surface area contributed by atoms with E-state index >= 15 is 0 Å². The van der Waals surface area contributed by atoms with Gasteiger partial charge in [-0.15, -0.1) is 0 Å². The second kappa shape index (κ2) is 8.46. The van der Waals surface area contributed by atoms with Gasteiger partial charge in [-0.3, -0.25) is 9.59 Å². The van der Waals surface area contributed by atoms with Crippen molar-refractivity contribution in [3.05, 3.63) is 66.2 Å². The van der Waals surface area contributed by atoms with Crippen molar-refractivity contribution in [2.24, 2.45) is 5.92 Å². The smallest absolute Gasteiger partial charge is 0.253 e. The number of nitrogens with zero attached hydrogens (tertiary/aromatic N) is 2. The number of piperidine rings is 1. The lowest BCUT2D eigenvalue weighted by atomic mass is 9.95. The van der Waals surface area contributed by atoms with E-state index in [1.807, 2.05) is 58.3 Å². The van der Waals surface area contributed by atoms with E-state index in [1.165, 1.54) is 0 Å². The molecule has 1 atom stereocenters. The van der Waals surface area contributed by atoms with Gasteiger partial charge in [0.05, 0.1) is 0 Å². The van der Waals surface area contributed by atoms with Gasteiger partial charge in [-0.1, -0.05) is 36.4 Å². The van der Waals surface area contributed by atoms with E-state index in [0.717, 1.165) is 43.6 Å². The predicted molar refractivity (Wildman–Crippen MR) is 110 cm³/mol. The normalized spacial score (nSPS) is 20.2. The molecule has 1 unspecified atom stereocenters. The second-order valence-electron chi connectivity index (χ2n) is 7.71. The molecule has 0 aromatic heterocycles. The van der Waals surface area contributed by atoms with Crippen molar-refractivity contribution in [2.45, 2.75) is 25.3 Å². The largest absolute Gasteiger partial charge is 0.380 e. The molecule has 2 aromatic rings. The summed E-state index contributed by atoms with van der Waals surface area (Å²) in [5, 5.41) is 3.52. The van der Waals surface area contributed by atoms with E-state index in [4.69, 9.17) is 0 Å². The van der Waals surface area contributed by atoms with Crippen LogP contribution in [0.1, 0.15) is 29.6 Å². The van der Waals surface area contributed by atoms with Crippen LogP contribution in [0.4, 0.5) is 5.69 Å². The Hall–Kier alpha value is -2.82. The fraction of sp³-hybridized carbons (Fsp3) is 0.391. The Bertz CT molecular complexity index is 801. The van der Waals surface area contributed by atoms with Crippen molar-refractivity contribution in [3.63, 3.8) is 0 Å². The van der Waals surface area contributed by atoms with Gasteiger partial charge in [-0.25, -0.2) is 0 Å². The van der Waals surface area contributed by atoms with E-state index in [0.29, 0.717) is 19.1 Å². The maximum absolute atomic E-state index is 12.9. The lowest BCUT2D eigenvalue weighted by Crippen LogP contribution is -2.44. The summed E-state index contributed by atoms with van der Waals surface area (Å²) in [6.45, 7) is 2.89. The average Bonchev–Trinajstić information content (AvgIpc) is 3.22. The summed E-state index contributed by atoms with van der Waals surface area (Å²) in [6.07, 6.45) is 2.49. The molecule has 0 spiro atoms. The van der Waals surface area contributed by atoms with Gasteiger partial charge in [-0.2, -0.15) is 0 Å². The molecule has 2 amide bonds. The van der Waals surface area contributed by atoms with Gasteiger partial charge in [-0.05, 0) is 43.5 Å². The first-order valence-electron chi connectivity index (χ1n) is 10.2. The van der Waals surface area contributed by atoms with Gasteiger partial charge in [0, 0.05) is 49.4 Å².